The standard InChI is InChI=1S/C28H22ClNO/c29-26-14-6-3-10-22(26)19-31-28-17-16-21-9-1-4-12-23(21)25(28)18-30-27-15-7-11-20-8-2-5-13-24(20)27/h1-17,30H,18-19H2. The van der Waals surface area contributed by atoms with Gasteiger partial charge in [-0.05, 0) is 34.4 Å². The van der Waals surface area contributed by atoms with Crippen LogP contribution in [0.25, 0.3) is 21.5 Å². The van der Waals surface area contributed by atoms with E-state index < -0.39 is 0 Å². The van der Waals surface area contributed by atoms with Crippen LogP contribution in [0, 0.1) is 0 Å². The first-order valence-corrected chi connectivity index (χ1v) is 10.8. The smallest absolute Gasteiger partial charge is 0.125 e. The van der Waals surface area contributed by atoms with Gasteiger partial charge in [0.25, 0.3) is 0 Å². The minimum absolute atomic E-state index is 0.430. The van der Waals surface area contributed by atoms with Crippen LogP contribution in [0.15, 0.2) is 103 Å². The van der Waals surface area contributed by atoms with E-state index in [0.717, 1.165) is 27.6 Å². The van der Waals surface area contributed by atoms with Crippen molar-refractivity contribution >= 4 is 38.8 Å². The first-order valence-electron chi connectivity index (χ1n) is 10.4. The Kier molecular flexibility index (Phi) is 5.47. The van der Waals surface area contributed by atoms with Crippen LogP contribution in [0.2, 0.25) is 5.02 Å². The number of nitrogens with one attached hydrogen (secondary N) is 1. The fraction of sp³-hybridized carbons (Fsp3) is 0.0714. The van der Waals surface area contributed by atoms with Gasteiger partial charge in [0, 0.05) is 33.8 Å². The molecule has 0 aliphatic carbocycles. The Labute approximate surface area is 187 Å². The minimum atomic E-state index is 0.430. The van der Waals surface area contributed by atoms with Gasteiger partial charge in [-0.25, -0.2) is 0 Å². The van der Waals surface area contributed by atoms with Crippen molar-refractivity contribution in [2.45, 2.75) is 13.2 Å². The number of hydrogen-bond acceptors (Lipinski definition) is 2. The number of hydrogen-bond donors (Lipinski definition) is 1. The lowest BCUT2D eigenvalue weighted by atomic mass is 10.0. The topological polar surface area (TPSA) is 21.3 Å². The molecule has 0 saturated heterocycles. The van der Waals surface area contributed by atoms with Crippen molar-refractivity contribution in [3.05, 3.63) is 119 Å². The molecular weight excluding hydrogens is 402 g/mol. The van der Waals surface area contributed by atoms with Crippen molar-refractivity contribution in [1.82, 2.24) is 0 Å². The molecule has 0 aliphatic rings. The molecule has 0 bridgehead atoms. The summed E-state index contributed by atoms with van der Waals surface area (Å²) in [5, 5.41) is 9.18. The van der Waals surface area contributed by atoms with Gasteiger partial charge in [-0.3, -0.25) is 0 Å². The number of anilines is 1. The zero-order valence-electron chi connectivity index (χ0n) is 17.0. The number of benzene rings is 5. The summed E-state index contributed by atoms with van der Waals surface area (Å²) in [5.74, 6) is 0.867. The molecule has 0 heterocycles. The summed E-state index contributed by atoms with van der Waals surface area (Å²) in [6, 6.07) is 35.2. The van der Waals surface area contributed by atoms with Crippen LogP contribution in [0.5, 0.6) is 5.75 Å². The minimum Gasteiger partial charge on any atom is -0.488 e. The Morgan fingerprint density at radius 1 is 0.645 bits per heavy atom. The van der Waals surface area contributed by atoms with Crippen molar-refractivity contribution in [1.29, 1.82) is 0 Å². The first kappa shape index (κ1) is 19.5. The third-order valence-electron chi connectivity index (χ3n) is 5.58. The highest BCUT2D eigenvalue weighted by Gasteiger charge is 2.11. The summed E-state index contributed by atoms with van der Waals surface area (Å²) in [5.41, 5.74) is 3.23. The predicted molar refractivity (Wildman–Crippen MR) is 131 cm³/mol. The summed E-state index contributed by atoms with van der Waals surface area (Å²) >= 11 is 6.33. The van der Waals surface area contributed by atoms with E-state index in [1.807, 2.05) is 24.3 Å². The summed E-state index contributed by atoms with van der Waals surface area (Å²) in [6.07, 6.45) is 0. The van der Waals surface area contributed by atoms with E-state index in [1.165, 1.54) is 21.5 Å². The highest BCUT2D eigenvalue weighted by molar-refractivity contribution is 6.31. The molecule has 0 spiro atoms. The van der Waals surface area contributed by atoms with E-state index in [4.69, 9.17) is 16.3 Å². The van der Waals surface area contributed by atoms with E-state index in [1.54, 1.807) is 0 Å². The van der Waals surface area contributed by atoms with Crippen molar-refractivity contribution in [2.75, 3.05) is 5.32 Å². The first-order chi connectivity index (χ1) is 15.3. The lowest BCUT2D eigenvalue weighted by Crippen LogP contribution is -2.05. The van der Waals surface area contributed by atoms with Gasteiger partial charge >= 0.3 is 0 Å². The van der Waals surface area contributed by atoms with Gasteiger partial charge in [0.1, 0.15) is 12.4 Å². The van der Waals surface area contributed by atoms with E-state index in [0.29, 0.717) is 13.2 Å². The molecule has 0 radical (unpaired) electrons. The molecule has 152 valence electrons. The van der Waals surface area contributed by atoms with Crippen molar-refractivity contribution in [3.63, 3.8) is 0 Å². The van der Waals surface area contributed by atoms with Gasteiger partial charge in [-0.1, -0.05) is 96.5 Å². The molecule has 1 N–H and O–H groups in total. The second kappa shape index (κ2) is 8.71. The van der Waals surface area contributed by atoms with Crippen LogP contribution in [-0.2, 0) is 13.2 Å². The number of ether oxygens (including phenoxy) is 1. The molecule has 5 rings (SSSR count). The molecule has 0 aromatic heterocycles. The molecule has 5 aromatic carbocycles. The van der Waals surface area contributed by atoms with E-state index in [9.17, 15) is 0 Å². The van der Waals surface area contributed by atoms with Crippen LogP contribution in [-0.4, -0.2) is 0 Å². The molecule has 0 unspecified atom stereocenters. The molecule has 0 amide bonds. The third-order valence-corrected chi connectivity index (χ3v) is 5.95. The predicted octanol–water partition coefficient (Wildman–Crippen LogP) is 7.84. The number of rotatable bonds is 6. The molecule has 3 heteroatoms. The van der Waals surface area contributed by atoms with Crippen molar-refractivity contribution in [2.24, 2.45) is 0 Å². The average Bonchev–Trinajstić information content (AvgIpc) is 2.82. The monoisotopic (exact) mass is 423 g/mol. The highest BCUT2D eigenvalue weighted by Crippen LogP contribution is 2.31. The summed E-state index contributed by atoms with van der Waals surface area (Å²) in [6.45, 7) is 1.09. The van der Waals surface area contributed by atoms with Gasteiger partial charge in [0.2, 0.25) is 0 Å². The second-order valence-electron chi connectivity index (χ2n) is 7.52. The zero-order chi connectivity index (χ0) is 21.0. The SMILES string of the molecule is Clc1ccccc1COc1ccc2ccccc2c1CNc1cccc2ccccc12. The molecular formula is C28H22ClNO. The lowest BCUT2D eigenvalue weighted by molar-refractivity contribution is 0.304. The fourth-order valence-electron chi connectivity index (χ4n) is 3.97. The maximum Gasteiger partial charge on any atom is 0.125 e. The van der Waals surface area contributed by atoms with Crippen molar-refractivity contribution < 1.29 is 4.74 Å². The van der Waals surface area contributed by atoms with Crippen LogP contribution in [0.1, 0.15) is 11.1 Å². The van der Waals surface area contributed by atoms with Crippen LogP contribution >= 0.6 is 11.6 Å². The van der Waals surface area contributed by atoms with Crippen LogP contribution in [0.3, 0.4) is 0 Å². The largest absolute Gasteiger partial charge is 0.488 e. The quantitative estimate of drug-likeness (QED) is 0.300. The molecule has 0 saturated carbocycles. The Hall–Kier alpha value is -3.49. The number of fused-ring (bicyclic) bond motifs is 2. The molecule has 5 aromatic rings. The Morgan fingerprint density at radius 2 is 1.32 bits per heavy atom. The van der Waals surface area contributed by atoms with Gasteiger partial charge in [0.05, 0.1) is 0 Å². The Balaban J connectivity index is 1.48. The Bertz CT molecular complexity index is 1360. The fourth-order valence-corrected chi connectivity index (χ4v) is 4.16. The molecule has 2 nitrogen and oxygen atoms in total. The van der Waals surface area contributed by atoms with Gasteiger partial charge in [-0.15, -0.1) is 0 Å². The van der Waals surface area contributed by atoms with Gasteiger partial charge in [-0.2, -0.15) is 0 Å². The van der Waals surface area contributed by atoms with Crippen LogP contribution in [0.4, 0.5) is 5.69 Å². The van der Waals surface area contributed by atoms with Crippen LogP contribution < -0.4 is 10.1 Å². The van der Waals surface area contributed by atoms with Gasteiger partial charge < -0.3 is 10.1 Å². The second-order valence-corrected chi connectivity index (χ2v) is 7.93. The normalized spacial score (nSPS) is 11.0. The molecule has 0 atom stereocenters. The van der Waals surface area contributed by atoms with Crippen molar-refractivity contribution in [3.8, 4) is 5.75 Å². The average molecular weight is 424 g/mol. The maximum atomic E-state index is 6.33. The summed E-state index contributed by atoms with van der Waals surface area (Å²) in [7, 11) is 0. The van der Waals surface area contributed by atoms with E-state index >= 15 is 0 Å². The highest BCUT2D eigenvalue weighted by atomic mass is 35.5. The van der Waals surface area contributed by atoms with E-state index in [2.05, 4.69) is 84.2 Å². The third kappa shape index (κ3) is 4.08. The van der Waals surface area contributed by atoms with Gasteiger partial charge in [0.15, 0.2) is 0 Å². The molecule has 0 aliphatic heterocycles. The lowest BCUT2D eigenvalue weighted by Gasteiger charge is -2.17. The summed E-state index contributed by atoms with van der Waals surface area (Å²) < 4.78 is 6.26. The Morgan fingerprint density at radius 3 is 2.16 bits per heavy atom. The maximum absolute atomic E-state index is 6.33. The summed E-state index contributed by atoms with van der Waals surface area (Å²) in [4.78, 5) is 0. The zero-order valence-corrected chi connectivity index (χ0v) is 17.8. The van der Waals surface area contributed by atoms with E-state index in [-0.39, 0.29) is 0 Å². The number of halogens is 1. The molecule has 0 fully saturated rings. The molecule has 31 heavy (non-hydrogen) atoms.